The highest BCUT2D eigenvalue weighted by Gasteiger charge is 2.10. The number of hydrogen-bond acceptors (Lipinski definition) is 4. The predicted molar refractivity (Wildman–Crippen MR) is 87.5 cm³/mol. The van der Waals surface area contributed by atoms with Gasteiger partial charge in [-0.3, -0.25) is 4.68 Å². The van der Waals surface area contributed by atoms with Crippen LogP contribution in [0, 0.1) is 0 Å². The molecule has 0 fully saturated rings. The molecule has 0 unspecified atom stereocenters. The lowest BCUT2D eigenvalue weighted by molar-refractivity contribution is 0.175. The van der Waals surface area contributed by atoms with Crippen molar-refractivity contribution in [3.8, 4) is 0 Å². The zero-order chi connectivity index (χ0) is 16.7. The Morgan fingerprint density at radius 2 is 2.35 bits per heavy atom. The van der Waals surface area contributed by atoms with E-state index >= 15 is 0 Å². The van der Waals surface area contributed by atoms with Crippen molar-refractivity contribution >= 4 is 23.3 Å². The van der Waals surface area contributed by atoms with E-state index in [-0.39, 0.29) is 6.54 Å². The van der Waals surface area contributed by atoms with Crippen LogP contribution in [-0.2, 0) is 11.3 Å². The SMILES string of the molecule is COCCn1cc(NC(=O)NC[C@@H](O)c2cccc(Cl)c2)cn1. The monoisotopic (exact) mass is 338 g/mol. The largest absolute Gasteiger partial charge is 0.387 e. The minimum absolute atomic E-state index is 0.0734. The molecule has 1 aromatic carbocycles. The molecule has 0 aliphatic carbocycles. The summed E-state index contributed by atoms with van der Waals surface area (Å²) in [6.07, 6.45) is 2.41. The van der Waals surface area contributed by atoms with Crippen molar-refractivity contribution in [3.05, 3.63) is 47.2 Å². The maximum atomic E-state index is 11.8. The third-order valence-corrected chi connectivity index (χ3v) is 3.34. The second-order valence-electron chi connectivity index (χ2n) is 4.89. The summed E-state index contributed by atoms with van der Waals surface area (Å²) >= 11 is 5.87. The van der Waals surface area contributed by atoms with Crippen molar-refractivity contribution in [1.82, 2.24) is 15.1 Å². The number of aliphatic hydroxyl groups is 1. The molecule has 0 bridgehead atoms. The Kier molecular flexibility index (Phi) is 6.40. The van der Waals surface area contributed by atoms with E-state index < -0.39 is 12.1 Å². The van der Waals surface area contributed by atoms with Gasteiger partial charge in [0.1, 0.15) is 0 Å². The summed E-state index contributed by atoms with van der Waals surface area (Å²) < 4.78 is 6.62. The number of benzene rings is 1. The Morgan fingerprint density at radius 1 is 1.52 bits per heavy atom. The van der Waals surface area contributed by atoms with Crippen LogP contribution in [-0.4, -0.2) is 41.2 Å². The second-order valence-corrected chi connectivity index (χ2v) is 5.33. The van der Waals surface area contributed by atoms with E-state index in [0.29, 0.717) is 29.4 Å². The molecule has 2 aromatic rings. The number of nitrogens with one attached hydrogen (secondary N) is 2. The van der Waals surface area contributed by atoms with Crippen molar-refractivity contribution in [2.75, 3.05) is 25.6 Å². The normalized spacial score (nSPS) is 12.0. The number of nitrogens with zero attached hydrogens (tertiary/aromatic N) is 2. The molecule has 7 nitrogen and oxygen atoms in total. The van der Waals surface area contributed by atoms with Crippen LogP contribution in [0.1, 0.15) is 11.7 Å². The number of ether oxygens (including phenoxy) is 1. The van der Waals surface area contributed by atoms with Crippen LogP contribution in [0.3, 0.4) is 0 Å². The Morgan fingerprint density at radius 3 is 3.09 bits per heavy atom. The van der Waals surface area contributed by atoms with Crippen molar-refractivity contribution in [1.29, 1.82) is 0 Å². The van der Waals surface area contributed by atoms with Crippen LogP contribution in [0.5, 0.6) is 0 Å². The fourth-order valence-corrected chi connectivity index (χ4v) is 2.13. The van der Waals surface area contributed by atoms with E-state index in [1.807, 2.05) is 0 Å². The molecule has 1 aromatic heterocycles. The number of hydrogen-bond donors (Lipinski definition) is 3. The van der Waals surface area contributed by atoms with Crippen LogP contribution < -0.4 is 10.6 Å². The molecule has 23 heavy (non-hydrogen) atoms. The first-order chi connectivity index (χ1) is 11.1. The number of carbonyl (C=O) groups is 1. The predicted octanol–water partition coefficient (Wildman–Crippen LogP) is 2.04. The van der Waals surface area contributed by atoms with Gasteiger partial charge >= 0.3 is 6.03 Å². The molecule has 0 aliphatic rings. The summed E-state index contributed by atoms with van der Waals surface area (Å²) in [5.41, 5.74) is 1.21. The smallest absolute Gasteiger partial charge is 0.319 e. The number of anilines is 1. The second kappa shape index (κ2) is 8.52. The highest BCUT2D eigenvalue weighted by Crippen LogP contribution is 2.17. The van der Waals surface area contributed by atoms with E-state index in [1.54, 1.807) is 48.5 Å². The van der Waals surface area contributed by atoms with E-state index in [2.05, 4.69) is 15.7 Å². The van der Waals surface area contributed by atoms with E-state index in [4.69, 9.17) is 16.3 Å². The minimum atomic E-state index is -0.830. The third-order valence-electron chi connectivity index (χ3n) is 3.11. The molecule has 0 spiro atoms. The summed E-state index contributed by atoms with van der Waals surface area (Å²) in [6, 6.07) is 6.45. The first-order valence-electron chi connectivity index (χ1n) is 7.08. The number of amides is 2. The molecule has 1 heterocycles. The standard InChI is InChI=1S/C15H19ClN4O3/c1-23-6-5-20-10-13(8-18-20)19-15(22)17-9-14(21)11-3-2-4-12(16)7-11/h2-4,7-8,10,14,21H,5-6,9H2,1H3,(H2,17,19,22)/t14-/m1/s1. The molecule has 2 amide bonds. The highest BCUT2D eigenvalue weighted by molar-refractivity contribution is 6.30. The lowest BCUT2D eigenvalue weighted by atomic mass is 10.1. The quantitative estimate of drug-likeness (QED) is 0.720. The van der Waals surface area contributed by atoms with Crippen LogP contribution in [0.4, 0.5) is 10.5 Å². The molecule has 0 radical (unpaired) electrons. The summed E-state index contributed by atoms with van der Waals surface area (Å²) in [5.74, 6) is 0. The average Bonchev–Trinajstić information content (AvgIpc) is 2.98. The van der Waals surface area contributed by atoms with Crippen molar-refractivity contribution in [2.24, 2.45) is 0 Å². The van der Waals surface area contributed by atoms with Crippen LogP contribution in [0.15, 0.2) is 36.7 Å². The van der Waals surface area contributed by atoms with Crippen molar-refractivity contribution in [3.63, 3.8) is 0 Å². The number of carbonyl (C=O) groups excluding carboxylic acids is 1. The Bertz CT molecular complexity index is 647. The number of urea groups is 1. The lowest BCUT2D eigenvalue weighted by Crippen LogP contribution is -2.32. The van der Waals surface area contributed by atoms with Gasteiger partial charge in [-0.05, 0) is 17.7 Å². The van der Waals surface area contributed by atoms with E-state index in [9.17, 15) is 9.90 Å². The minimum Gasteiger partial charge on any atom is -0.387 e. The summed E-state index contributed by atoms with van der Waals surface area (Å²) in [7, 11) is 1.61. The fourth-order valence-electron chi connectivity index (χ4n) is 1.93. The molecular formula is C15H19ClN4O3. The van der Waals surface area contributed by atoms with Gasteiger partial charge in [-0.25, -0.2) is 4.79 Å². The summed E-state index contributed by atoms with van der Waals surface area (Å²) in [4.78, 5) is 11.8. The first kappa shape index (κ1) is 17.3. The van der Waals surface area contributed by atoms with E-state index in [1.165, 1.54) is 0 Å². The number of aliphatic hydroxyl groups excluding tert-OH is 1. The Balaban J connectivity index is 1.79. The Hall–Kier alpha value is -2.09. The van der Waals surface area contributed by atoms with Gasteiger partial charge in [0.25, 0.3) is 0 Å². The van der Waals surface area contributed by atoms with Crippen LogP contribution in [0.25, 0.3) is 0 Å². The Labute approximate surface area is 139 Å². The summed E-state index contributed by atoms with van der Waals surface area (Å²) in [6.45, 7) is 1.22. The van der Waals surface area contributed by atoms with Gasteiger partial charge in [0.2, 0.25) is 0 Å². The number of halogens is 1. The van der Waals surface area contributed by atoms with Gasteiger partial charge in [0, 0.05) is 24.9 Å². The molecule has 0 saturated carbocycles. The van der Waals surface area contributed by atoms with Crippen LogP contribution >= 0.6 is 11.6 Å². The maximum absolute atomic E-state index is 11.8. The van der Waals surface area contributed by atoms with Crippen molar-refractivity contribution < 1.29 is 14.6 Å². The highest BCUT2D eigenvalue weighted by atomic mass is 35.5. The van der Waals surface area contributed by atoms with Crippen LogP contribution in [0.2, 0.25) is 5.02 Å². The molecule has 2 rings (SSSR count). The van der Waals surface area contributed by atoms with Crippen molar-refractivity contribution in [2.45, 2.75) is 12.6 Å². The molecule has 8 heteroatoms. The lowest BCUT2D eigenvalue weighted by Gasteiger charge is -2.12. The molecular weight excluding hydrogens is 320 g/mol. The summed E-state index contributed by atoms with van der Waals surface area (Å²) in [5, 5.41) is 19.9. The molecule has 124 valence electrons. The average molecular weight is 339 g/mol. The van der Waals surface area contributed by atoms with Gasteiger partial charge < -0.3 is 20.5 Å². The third kappa shape index (κ3) is 5.55. The zero-order valence-corrected chi connectivity index (χ0v) is 13.5. The number of methoxy groups -OCH3 is 1. The van der Waals surface area contributed by atoms with Gasteiger partial charge in [-0.1, -0.05) is 23.7 Å². The number of rotatable bonds is 7. The van der Waals surface area contributed by atoms with Gasteiger partial charge in [-0.15, -0.1) is 0 Å². The fraction of sp³-hybridized carbons (Fsp3) is 0.333. The molecule has 1 atom stereocenters. The van der Waals surface area contributed by atoms with Gasteiger partial charge in [0.15, 0.2) is 0 Å². The topological polar surface area (TPSA) is 88.4 Å². The zero-order valence-electron chi connectivity index (χ0n) is 12.7. The molecule has 3 N–H and O–H groups in total. The maximum Gasteiger partial charge on any atom is 0.319 e. The van der Waals surface area contributed by atoms with Gasteiger partial charge in [-0.2, -0.15) is 5.10 Å². The molecule has 0 aliphatic heterocycles. The van der Waals surface area contributed by atoms with E-state index in [0.717, 1.165) is 0 Å². The van der Waals surface area contributed by atoms with Gasteiger partial charge in [0.05, 0.1) is 31.1 Å². The number of aromatic nitrogens is 2. The molecule has 0 saturated heterocycles. The first-order valence-corrected chi connectivity index (χ1v) is 7.46.